The monoisotopic (exact) mass is 602 g/mol. The maximum Gasteiger partial charge on any atom is 0.304 e. The van der Waals surface area contributed by atoms with Crippen molar-refractivity contribution in [1.29, 1.82) is 0 Å². The van der Waals surface area contributed by atoms with E-state index in [4.69, 9.17) is 11.6 Å². The van der Waals surface area contributed by atoms with Gasteiger partial charge in [-0.2, -0.15) is 12.7 Å². The van der Waals surface area contributed by atoms with Crippen LogP contribution in [0, 0.1) is 11.7 Å². The smallest absolute Gasteiger partial charge is 0.304 e. The number of carbonyl (C=O) groups excluding carboxylic acids is 2. The lowest BCUT2D eigenvalue weighted by Gasteiger charge is -2.34. The second kappa shape index (κ2) is 14.4. The van der Waals surface area contributed by atoms with Gasteiger partial charge in [0.05, 0.1) is 5.69 Å². The molecule has 0 fully saturated rings. The third-order valence-corrected chi connectivity index (χ3v) is 8.38. The van der Waals surface area contributed by atoms with Gasteiger partial charge in [0.25, 0.3) is 0 Å². The van der Waals surface area contributed by atoms with Crippen molar-refractivity contribution < 1.29 is 22.4 Å². The molecule has 1 unspecified atom stereocenters. The highest BCUT2D eigenvalue weighted by Gasteiger charge is 2.35. The molecule has 11 heteroatoms. The highest BCUT2D eigenvalue weighted by atomic mass is 35.5. The van der Waals surface area contributed by atoms with Crippen molar-refractivity contribution in [3.8, 4) is 0 Å². The van der Waals surface area contributed by atoms with Crippen molar-refractivity contribution in [3.05, 3.63) is 101 Å². The van der Waals surface area contributed by atoms with Gasteiger partial charge in [-0.3, -0.25) is 9.59 Å². The van der Waals surface area contributed by atoms with Crippen LogP contribution in [0.3, 0.4) is 0 Å². The minimum atomic E-state index is -4.29. The second-order valence-electron chi connectivity index (χ2n) is 10.2. The molecule has 0 aliphatic heterocycles. The topological polar surface area (TPSA) is 90.0 Å². The Morgan fingerprint density at radius 2 is 1.56 bits per heavy atom. The molecule has 0 saturated heterocycles. The summed E-state index contributed by atoms with van der Waals surface area (Å²) in [6.45, 7) is 3.54. The molecule has 41 heavy (non-hydrogen) atoms. The lowest BCUT2D eigenvalue weighted by atomic mass is 10.0. The molecule has 0 aliphatic carbocycles. The SMILES string of the molecule is CC(C)CNC(=O)C(Cc1ccccc1)N(Cc1cccc(Cl)c1)C(=O)CN(c1ccccc1F)S(=O)(=O)N(C)C. The highest BCUT2D eigenvalue weighted by molar-refractivity contribution is 7.90. The molecule has 1 atom stereocenters. The van der Waals surface area contributed by atoms with E-state index in [0.717, 1.165) is 20.2 Å². The van der Waals surface area contributed by atoms with Gasteiger partial charge in [-0.25, -0.2) is 8.70 Å². The van der Waals surface area contributed by atoms with Crippen LogP contribution in [0.15, 0.2) is 78.9 Å². The molecule has 0 bridgehead atoms. The molecule has 2 amide bonds. The van der Waals surface area contributed by atoms with Crippen molar-refractivity contribution >= 4 is 39.3 Å². The Morgan fingerprint density at radius 3 is 2.17 bits per heavy atom. The molecule has 8 nitrogen and oxygen atoms in total. The molecule has 1 N–H and O–H groups in total. The fourth-order valence-corrected chi connectivity index (χ4v) is 5.44. The molecule has 0 radical (unpaired) electrons. The number of rotatable bonds is 13. The fraction of sp³-hybridized carbons (Fsp3) is 0.333. The summed E-state index contributed by atoms with van der Waals surface area (Å²) in [5, 5.41) is 3.36. The number of amides is 2. The normalized spacial score (nSPS) is 12.3. The van der Waals surface area contributed by atoms with Gasteiger partial charge in [0, 0.05) is 38.6 Å². The number of anilines is 1. The standard InChI is InChI=1S/C30H36ClFN4O4S/c1-22(2)19-33-30(38)28(18-23-11-6-5-7-12-23)35(20-24-13-10-14-25(31)17-24)29(37)21-36(41(39,40)34(3)4)27-16-9-8-15-26(27)32/h5-17,22,28H,18-21H2,1-4H3,(H,33,38). The Hall–Kier alpha value is -3.47. The maximum absolute atomic E-state index is 14.9. The molecule has 220 valence electrons. The average Bonchev–Trinajstić information content (AvgIpc) is 2.93. The number of hydrogen-bond donors (Lipinski definition) is 1. The van der Waals surface area contributed by atoms with Gasteiger partial charge in [-0.05, 0) is 41.3 Å². The zero-order valence-electron chi connectivity index (χ0n) is 23.6. The lowest BCUT2D eigenvalue weighted by Crippen LogP contribution is -2.54. The van der Waals surface area contributed by atoms with E-state index < -0.39 is 34.5 Å². The van der Waals surface area contributed by atoms with Crippen LogP contribution in [-0.2, 0) is 32.8 Å². The van der Waals surface area contributed by atoms with Crippen molar-refractivity contribution in [3.63, 3.8) is 0 Å². The highest BCUT2D eigenvalue weighted by Crippen LogP contribution is 2.24. The first-order valence-corrected chi connectivity index (χ1v) is 15.0. The first kappa shape index (κ1) is 32.0. The Kier molecular flexibility index (Phi) is 11.3. The Bertz CT molecular complexity index is 1440. The van der Waals surface area contributed by atoms with Crippen LogP contribution in [-0.4, -0.2) is 62.7 Å². The van der Waals surface area contributed by atoms with Gasteiger partial charge in [0.1, 0.15) is 18.4 Å². The van der Waals surface area contributed by atoms with Crippen LogP contribution in [0.2, 0.25) is 5.02 Å². The summed E-state index contributed by atoms with van der Waals surface area (Å²) < 4.78 is 43.2. The van der Waals surface area contributed by atoms with Gasteiger partial charge in [-0.15, -0.1) is 0 Å². The number of nitrogens with zero attached hydrogens (tertiary/aromatic N) is 3. The second-order valence-corrected chi connectivity index (χ2v) is 12.7. The number of benzene rings is 3. The van der Waals surface area contributed by atoms with E-state index in [2.05, 4.69) is 5.32 Å². The first-order chi connectivity index (χ1) is 19.4. The first-order valence-electron chi connectivity index (χ1n) is 13.2. The summed E-state index contributed by atoms with van der Waals surface area (Å²) in [5.74, 6) is -1.71. The van der Waals surface area contributed by atoms with Crippen LogP contribution in [0.4, 0.5) is 10.1 Å². The molecular weight excluding hydrogens is 567 g/mol. The van der Waals surface area contributed by atoms with Crippen molar-refractivity contribution in [2.75, 3.05) is 31.5 Å². The summed E-state index contributed by atoms with van der Waals surface area (Å²) in [6, 6.07) is 20.4. The van der Waals surface area contributed by atoms with E-state index in [1.807, 2.05) is 44.2 Å². The van der Waals surface area contributed by atoms with Crippen molar-refractivity contribution in [1.82, 2.24) is 14.5 Å². The van der Waals surface area contributed by atoms with E-state index in [1.54, 1.807) is 24.3 Å². The summed E-state index contributed by atoms with van der Waals surface area (Å²) in [6.07, 6.45) is 0.178. The van der Waals surface area contributed by atoms with Gasteiger partial charge in [-0.1, -0.05) is 80.0 Å². The molecular formula is C30H36ClFN4O4S. The van der Waals surface area contributed by atoms with E-state index in [0.29, 0.717) is 17.1 Å². The third-order valence-electron chi connectivity index (χ3n) is 6.34. The summed E-state index contributed by atoms with van der Waals surface area (Å²) in [7, 11) is -1.69. The van der Waals surface area contributed by atoms with Gasteiger partial charge < -0.3 is 10.2 Å². The molecule has 0 aliphatic rings. The molecule has 0 aromatic heterocycles. The Labute approximate surface area is 246 Å². The van der Waals surface area contributed by atoms with Gasteiger partial charge in [0.2, 0.25) is 11.8 Å². The molecule has 3 aromatic carbocycles. The predicted molar refractivity (Wildman–Crippen MR) is 160 cm³/mol. The maximum atomic E-state index is 14.9. The minimum absolute atomic E-state index is 0.0287. The van der Waals surface area contributed by atoms with E-state index in [9.17, 15) is 22.4 Å². The summed E-state index contributed by atoms with van der Waals surface area (Å²) >= 11 is 6.22. The van der Waals surface area contributed by atoms with E-state index in [-0.39, 0.29) is 30.5 Å². The molecule has 0 spiro atoms. The van der Waals surface area contributed by atoms with Crippen molar-refractivity contribution in [2.24, 2.45) is 5.92 Å². The van der Waals surface area contributed by atoms with Gasteiger partial charge >= 0.3 is 10.2 Å². The van der Waals surface area contributed by atoms with Crippen LogP contribution < -0.4 is 9.62 Å². The fourth-order valence-electron chi connectivity index (χ4n) is 4.16. The van der Waals surface area contributed by atoms with Crippen LogP contribution in [0.25, 0.3) is 0 Å². The molecule has 0 heterocycles. The molecule has 3 aromatic rings. The van der Waals surface area contributed by atoms with Crippen molar-refractivity contribution in [2.45, 2.75) is 32.9 Å². The van der Waals surface area contributed by atoms with Gasteiger partial charge in [0.15, 0.2) is 0 Å². The summed E-state index contributed by atoms with van der Waals surface area (Å²) in [5.41, 5.74) is 1.18. The Morgan fingerprint density at radius 1 is 0.927 bits per heavy atom. The van der Waals surface area contributed by atoms with Crippen LogP contribution >= 0.6 is 11.6 Å². The number of halogens is 2. The number of hydrogen-bond acceptors (Lipinski definition) is 4. The number of carbonyl (C=O) groups is 2. The third kappa shape index (κ3) is 8.76. The summed E-state index contributed by atoms with van der Waals surface area (Å²) in [4.78, 5) is 29.1. The number of nitrogens with one attached hydrogen (secondary N) is 1. The zero-order valence-corrected chi connectivity index (χ0v) is 25.2. The quantitative estimate of drug-likeness (QED) is 0.312. The largest absolute Gasteiger partial charge is 0.354 e. The van der Waals surface area contributed by atoms with E-state index in [1.165, 1.54) is 37.2 Å². The Balaban J connectivity index is 2.10. The molecule has 3 rings (SSSR count). The van der Waals surface area contributed by atoms with E-state index >= 15 is 0 Å². The van der Waals surface area contributed by atoms with Crippen LogP contribution in [0.1, 0.15) is 25.0 Å². The average molecular weight is 603 g/mol. The molecule has 0 saturated carbocycles. The predicted octanol–water partition coefficient (Wildman–Crippen LogP) is 4.50. The minimum Gasteiger partial charge on any atom is -0.354 e. The zero-order chi connectivity index (χ0) is 30.2. The van der Waals surface area contributed by atoms with Crippen LogP contribution in [0.5, 0.6) is 0 Å². The number of para-hydroxylation sites is 1. The lowest BCUT2D eigenvalue weighted by molar-refractivity contribution is -0.140.